The Hall–Kier alpha value is -0.643. The monoisotopic (exact) mass is 349 g/mol. The third-order valence-corrected chi connectivity index (χ3v) is 9.78. The Morgan fingerprint density at radius 2 is 1.62 bits per heavy atom. The molecule has 1 N–H and O–H groups in total. The zero-order valence-electron chi connectivity index (χ0n) is 16.8. The minimum absolute atomic E-state index is 0.304. The quantitative estimate of drug-likeness (QED) is 0.403. The lowest BCUT2D eigenvalue weighted by atomic mass is 10.1. The Kier molecular flexibility index (Phi) is 9.25. The topological polar surface area (TPSA) is 21.3 Å². The molecule has 0 saturated carbocycles. The van der Waals surface area contributed by atoms with Crippen LogP contribution >= 0.6 is 0 Å². The Morgan fingerprint density at radius 3 is 2.25 bits per heavy atom. The molecule has 1 rings (SSSR count). The number of hydrogen-bond donors (Lipinski definition) is 1. The van der Waals surface area contributed by atoms with Crippen molar-refractivity contribution in [1.29, 1.82) is 0 Å². The molecular formula is C21H39NOSi. The molecule has 1 atom stereocenters. The number of nitrogens with one attached hydrogen (secondary N) is 1. The van der Waals surface area contributed by atoms with Crippen LogP contribution in [0.3, 0.4) is 0 Å². The molecule has 0 radical (unpaired) electrons. The normalized spacial score (nSPS) is 13.9. The van der Waals surface area contributed by atoms with Crippen molar-refractivity contribution in [2.24, 2.45) is 0 Å². The molecule has 0 aliphatic heterocycles. The molecule has 2 nitrogen and oxygen atoms in total. The molecule has 0 fully saturated rings. The van der Waals surface area contributed by atoms with Gasteiger partial charge < -0.3 is 9.74 Å². The van der Waals surface area contributed by atoms with Crippen LogP contribution in [0.4, 0.5) is 0 Å². The molecule has 0 amide bonds. The van der Waals surface area contributed by atoms with E-state index in [4.69, 9.17) is 4.43 Å². The minimum Gasteiger partial charge on any atom is -0.414 e. The first-order chi connectivity index (χ1) is 11.2. The number of benzene rings is 1. The van der Waals surface area contributed by atoms with E-state index in [2.05, 4.69) is 76.4 Å². The predicted octanol–water partition coefficient (Wildman–Crippen LogP) is 5.79. The number of rotatable bonds is 11. The van der Waals surface area contributed by atoms with Gasteiger partial charge in [0.15, 0.2) is 8.32 Å². The molecule has 3 heteroatoms. The van der Waals surface area contributed by atoms with E-state index in [1.165, 1.54) is 31.2 Å². The summed E-state index contributed by atoms with van der Waals surface area (Å²) in [6, 6.07) is 10.8. The highest BCUT2D eigenvalue weighted by Crippen LogP contribution is 2.37. The van der Waals surface area contributed by atoms with Crippen molar-refractivity contribution >= 4 is 8.32 Å². The van der Waals surface area contributed by atoms with Gasteiger partial charge in [-0.2, -0.15) is 0 Å². The van der Waals surface area contributed by atoms with Crippen molar-refractivity contribution in [2.45, 2.75) is 84.0 Å². The zero-order valence-corrected chi connectivity index (χ0v) is 17.8. The molecule has 138 valence electrons. The summed E-state index contributed by atoms with van der Waals surface area (Å²) in [5.74, 6) is 0. The number of hydrogen-bond acceptors (Lipinski definition) is 2. The van der Waals surface area contributed by atoms with Gasteiger partial charge in [0.05, 0.1) is 0 Å². The van der Waals surface area contributed by atoms with Crippen LogP contribution in [0.25, 0.3) is 0 Å². The van der Waals surface area contributed by atoms with Crippen LogP contribution in [0, 0.1) is 0 Å². The summed E-state index contributed by atoms with van der Waals surface area (Å²) >= 11 is 0. The molecule has 0 bridgehead atoms. The number of aryl methyl sites for hydroxylation is 1. The second-order valence-electron chi connectivity index (χ2n) is 8.52. The lowest BCUT2D eigenvalue weighted by Gasteiger charge is -2.38. The summed E-state index contributed by atoms with van der Waals surface area (Å²) in [6.45, 7) is 16.1. The fraction of sp³-hybridized carbons (Fsp3) is 0.714. The average Bonchev–Trinajstić information content (AvgIpc) is 2.49. The van der Waals surface area contributed by atoms with Gasteiger partial charge in [-0.1, -0.05) is 51.1 Å². The molecule has 0 aliphatic rings. The van der Waals surface area contributed by atoms with Crippen molar-refractivity contribution in [1.82, 2.24) is 5.32 Å². The largest absolute Gasteiger partial charge is 0.414 e. The molecule has 1 aromatic carbocycles. The molecule has 0 saturated heterocycles. The van der Waals surface area contributed by atoms with Crippen LogP contribution in [0.1, 0.15) is 58.9 Å². The van der Waals surface area contributed by atoms with E-state index < -0.39 is 8.32 Å². The molecule has 0 unspecified atom stereocenters. The Bertz CT molecular complexity index is 439. The van der Waals surface area contributed by atoms with Crippen molar-refractivity contribution in [3.63, 3.8) is 0 Å². The zero-order chi connectivity index (χ0) is 18.1. The van der Waals surface area contributed by atoms with Crippen LogP contribution < -0.4 is 5.32 Å². The third-order valence-electron chi connectivity index (χ3n) is 5.18. The van der Waals surface area contributed by atoms with E-state index in [9.17, 15) is 0 Å². The van der Waals surface area contributed by atoms with Crippen molar-refractivity contribution in [3.05, 3.63) is 35.9 Å². The van der Waals surface area contributed by atoms with Gasteiger partial charge in [0.25, 0.3) is 0 Å². The molecule has 1 aromatic rings. The van der Waals surface area contributed by atoms with Crippen LogP contribution in [-0.4, -0.2) is 27.5 Å². The maximum Gasteiger partial charge on any atom is 0.192 e. The summed E-state index contributed by atoms with van der Waals surface area (Å²) < 4.78 is 6.41. The van der Waals surface area contributed by atoms with E-state index in [0.717, 1.165) is 19.5 Å². The molecule has 0 heterocycles. The predicted molar refractivity (Wildman–Crippen MR) is 109 cm³/mol. The highest BCUT2D eigenvalue weighted by molar-refractivity contribution is 6.74. The van der Waals surface area contributed by atoms with Gasteiger partial charge >= 0.3 is 0 Å². The van der Waals surface area contributed by atoms with E-state index in [1.807, 2.05) is 0 Å². The summed E-state index contributed by atoms with van der Waals surface area (Å²) in [7, 11) is -1.61. The van der Waals surface area contributed by atoms with Gasteiger partial charge in [-0.25, -0.2) is 0 Å². The smallest absolute Gasteiger partial charge is 0.192 e. The fourth-order valence-electron chi connectivity index (χ4n) is 2.60. The molecule has 0 aliphatic carbocycles. The summed E-state index contributed by atoms with van der Waals surface area (Å²) in [6.07, 6.45) is 6.45. The SMILES string of the molecule is C[C@H](CCCNCCCCc1ccccc1)O[Si](C)(C)C(C)(C)C. The maximum atomic E-state index is 6.41. The van der Waals surface area contributed by atoms with Gasteiger partial charge in [-0.05, 0) is 75.8 Å². The van der Waals surface area contributed by atoms with E-state index in [-0.39, 0.29) is 0 Å². The first-order valence-electron chi connectivity index (χ1n) is 9.65. The number of unbranched alkanes of at least 4 members (excludes halogenated alkanes) is 1. The lowest BCUT2D eigenvalue weighted by molar-refractivity contribution is 0.186. The first-order valence-corrected chi connectivity index (χ1v) is 12.6. The summed E-state index contributed by atoms with van der Waals surface area (Å²) in [5, 5.41) is 3.88. The second-order valence-corrected chi connectivity index (χ2v) is 13.3. The minimum atomic E-state index is -1.61. The standard InChI is InChI=1S/C21H39NOSi/c1-19(23-24(5,6)21(2,3)4)13-12-18-22-17-11-10-16-20-14-8-7-9-15-20/h7-9,14-15,19,22H,10-13,16-18H2,1-6H3/t19-/m1/s1. The van der Waals surface area contributed by atoms with Crippen LogP contribution in [0.2, 0.25) is 18.1 Å². The van der Waals surface area contributed by atoms with Gasteiger partial charge in [0.2, 0.25) is 0 Å². The van der Waals surface area contributed by atoms with Crippen molar-refractivity contribution in [2.75, 3.05) is 13.1 Å². The van der Waals surface area contributed by atoms with E-state index >= 15 is 0 Å². The Morgan fingerprint density at radius 1 is 1.00 bits per heavy atom. The van der Waals surface area contributed by atoms with Crippen molar-refractivity contribution in [3.8, 4) is 0 Å². The maximum absolute atomic E-state index is 6.41. The van der Waals surface area contributed by atoms with Gasteiger partial charge in [0, 0.05) is 6.10 Å². The van der Waals surface area contributed by atoms with Crippen LogP contribution in [0.5, 0.6) is 0 Å². The van der Waals surface area contributed by atoms with Crippen molar-refractivity contribution < 1.29 is 4.43 Å². The lowest BCUT2D eigenvalue weighted by Crippen LogP contribution is -2.43. The highest BCUT2D eigenvalue weighted by Gasteiger charge is 2.38. The van der Waals surface area contributed by atoms with E-state index in [1.54, 1.807) is 0 Å². The second kappa shape index (κ2) is 10.4. The third kappa shape index (κ3) is 8.45. The molecule has 0 spiro atoms. The van der Waals surface area contributed by atoms with Crippen LogP contribution in [-0.2, 0) is 10.8 Å². The van der Waals surface area contributed by atoms with E-state index in [0.29, 0.717) is 11.1 Å². The highest BCUT2D eigenvalue weighted by atomic mass is 28.4. The fourth-order valence-corrected chi connectivity index (χ4v) is 4.08. The molecule has 24 heavy (non-hydrogen) atoms. The Balaban J connectivity index is 2.02. The van der Waals surface area contributed by atoms with Gasteiger partial charge in [-0.3, -0.25) is 0 Å². The van der Waals surface area contributed by atoms with Crippen LogP contribution in [0.15, 0.2) is 30.3 Å². The molecule has 0 aromatic heterocycles. The Labute approximate surface area is 151 Å². The molecular weight excluding hydrogens is 310 g/mol. The first kappa shape index (κ1) is 21.4. The van der Waals surface area contributed by atoms with Gasteiger partial charge in [0.1, 0.15) is 0 Å². The van der Waals surface area contributed by atoms with Gasteiger partial charge in [-0.15, -0.1) is 0 Å². The summed E-state index contributed by atoms with van der Waals surface area (Å²) in [4.78, 5) is 0. The average molecular weight is 350 g/mol. The summed E-state index contributed by atoms with van der Waals surface area (Å²) in [5.41, 5.74) is 1.45.